The van der Waals surface area contributed by atoms with Gasteiger partial charge in [-0.3, -0.25) is 0 Å². The van der Waals surface area contributed by atoms with Crippen molar-refractivity contribution < 1.29 is 19.4 Å². The molecule has 0 spiro atoms. The summed E-state index contributed by atoms with van der Waals surface area (Å²) in [6.45, 7) is 7.12. The Hall–Kier alpha value is -0.560. The molecule has 1 amide bonds. The fourth-order valence-corrected chi connectivity index (χ4v) is 3.03. The lowest BCUT2D eigenvalue weighted by Crippen LogP contribution is -2.44. The van der Waals surface area contributed by atoms with Crippen LogP contribution in [-0.2, 0) is 9.53 Å². The molecule has 18 heavy (non-hydrogen) atoms. The van der Waals surface area contributed by atoms with Crippen LogP contribution in [0.1, 0.15) is 34.1 Å². The van der Waals surface area contributed by atoms with Crippen LogP contribution < -0.4 is 5.32 Å². The van der Waals surface area contributed by atoms with Gasteiger partial charge in [-0.2, -0.15) is 0 Å². The Morgan fingerprint density at radius 3 is 2.33 bits per heavy atom. The van der Waals surface area contributed by atoms with Crippen LogP contribution in [-0.4, -0.2) is 40.3 Å². The van der Waals surface area contributed by atoms with Crippen molar-refractivity contribution >= 4 is 33.7 Å². The summed E-state index contributed by atoms with van der Waals surface area (Å²) in [5.74, 6) is -1.05. The largest absolute Gasteiger partial charge is 0.480 e. The molecule has 0 aromatic carbocycles. The molecule has 0 aliphatic carbocycles. The first kappa shape index (κ1) is 17.4. The number of ether oxygens (including phenoxy) is 1. The zero-order chi connectivity index (χ0) is 14.3. The van der Waals surface area contributed by atoms with E-state index in [0.717, 1.165) is 0 Å². The molecule has 0 bridgehead atoms. The van der Waals surface area contributed by atoms with Crippen molar-refractivity contribution in [3.8, 4) is 0 Å². The van der Waals surface area contributed by atoms with E-state index in [1.54, 1.807) is 42.4 Å². The van der Waals surface area contributed by atoms with Crippen LogP contribution in [0.5, 0.6) is 0 Å². The normalized spacial score (nSPS) is 14.7. The molecule has 2 unspecified atom stereocenters. The molecular weight excluding hydrogens is 274 g/mol. The third-order valence-corrected chi connectivity index (χ3v) is 4.09. The number of aliphatic carboxylic acids is 1. The Kier molecular flexibility index (Phi) is 7.54. The van der Waals surface area contributed by atoms with Crippen LogP contribution in [0.25, 0.3) is 0 Å². The number of alkyl carbamates (subject to hydrolysis) is 1. The maximum atomic E-state index is 11.5. The average molecular weight is 295 g/mol. The van der Waals surface area contributed by atoms with Crippen molar-refractivity contribution in [2.45, 2.75) is 51.0 Å². The fourth-order valence-electron chi connectivity index (χ4n) is 1.21. The fraction of sp³-hybridized carbons (Fsp3) is 0.818. The van der Waals surface area contributed by atoms with E-state index in [4.69, 9.17) is 9.84 Å². The van der Waals surface area contributed by atoms with Crippen LogP contribution in [0.4, 0.5) is 4.79 Å². The minimum Gasteiger partial charge on any atom is -0.480 e. The van der Waals surface area contributed by atoms with E-state index in [1.807, 2.05) is 13.2 Å². The van der Waals surface area contributed by atoms with Crippen molar-refractivity contribution in [2.24, 2.45) is 0 Å². The quantitative estimate of drug-likeness (QED) is 0.734. The van der Waals surface area contributed by atoms with Gasteiger partial charge in [0.05, 0.1) is 0 Å². The minimum atomic E-state index is -1.05. The molecule has 0 rings (SSSR count). The van der Waals surface area contributed by atoms with Crippen molar-refractivity contribution in [1.29, 1.82) is 0 Å². The Morgan fingerprint density at radius 2 is 1.94 bits per heavy atom. The number of rotatable bonds is 6. The van der Waals surface area contributed by atoms with Crippen molar-refractivity contribution in [3.63, 3.8) is 0 Å². The molecule has 5 nitrogen and oxygen atoms in total. The summed E-state index contributed by atoms with van der Waals surface area (Å²) >= 11 is 0. The number of carbonyl (C=O) groups excluding carboxylic acids is 1. The van der Waals surface area contributed by atoms with Crippen LogP contribution in [0.2, 0.25) is 0 Å². The molecule has 7 heteroatoms. The first-order valence-corrected chi connectivity index (χ1v) is 8.19. The molecule has 0 aromatic heterocycles. The molecule has 0 aliphatic rings. The van der Waals surface area contributed by atoms with Gasteiger partial charge in [0.25, 0.3) is 0 Å². The molecule has 0 saturated heterocycles. The van der Waals surface area contributed by atoms with Gasteiger partial charge in [0.15, 0.2) is 0 Å². The number of hydrogen-bond acceptors (Lipinski definition) is 5. The predicted octanol–water partition coefficient (Wildman–Crippen LogP) is 2.75. The van der Waals surface area contributed by atoms with E-state index in [-0.39, 0.29) is 5.25 Å². The van der Waals surface area contributed by atoms with Gasteiger partial charge in [-0.1, -0.05) is 28.5 Å². The van der Waals surface area contributed by atoms with Crippen LogP contribution in [0, 0.1) is 0 Å². The molecule has 2 atom stereocenters. The summed E-state index contributed by atoms with van der Waals surface area (Å²) < 4.78 is 5.03. The summed E-state index contributed by atoms with van der Waals surface area (Å²) in [4.78, 5) is 22.6. The lowest BCUT2D eigenvalue weighted by Gasteiger charge is -2.23. The minimum absolute atomic E-state index is 0.135. The van der Waals surface area contributed by atoms with E-state index >= 15 is 0 Å². The molecule has 0 saturated carbocycles. The second kappa shape index (κ2) is 7.78. The second-order valence-electron chi connectivity index (χ2n) is 4.85. The number of carboxylic acids is 1. The van der Waals surface area contributed by atoms with Gasteiger partial charge < -0.3 is 15.2 Å². The Bertz CT molecular complexity index is 291. The Balaban J connectivity index is 4.36. The highest BCUT2D eigenvalue weighted by molar-refractivity contribution is 8.76. The van der Waals surface area contributed by atoms with Gasteiger partial charge in [0.1, 0.15) is 11.6 Å². The van der Waals surface area contributed by atoms with Crippen LogP contribution in [0.3, 0.4) is 0 Å². The van der Waals surface area contributed by atoms with Gasteiger partial charge in [0, 0.05) is 5.25 Å². The molecule has 106 valence electrons. The molecule has 0 heterocycles. The summed E-state index contributed by atoms with van der Waals surface area (Å²) in [5, 5.41) is 11.6. The highest BCUT2D eigenvalue weighted by atomic mass is 33.1. The van der Waals surface area contributed by atoms with Gasteiger partial charge in [0.2, 0.25) is 0 Å². The van der Waals surface area contributed by atoms with Crippen molar-refractivity contribution in [2.75, 3.05) is 6.26 Å². The molecule has 0 fully saturated rings. The maximum absolute atomic E-state index is 11.5. The summed E-state index contributed by atoms with van der Waals surface area (Å²) in [6.07, 6.45) is 1.59. The van der Waals surface area contributed by atoms with Gasteiger partial charge in [-0.25, -0.2) is 9.59 Å². The summed E-state index contributed by atoms with van der Waals surface area (Å²) in [6, 6.07) is -0.922. The van der Waals surface area contributed by atoms with E-state index in [1.165, 1.54) is 0 Å². The molecule has 0 radical (unpaired) electrons. The summed E-state index contributed by atoms with van der Waals surface area (Å²) in [7, 11) is 3.15. The number of hydrogen-bond donors (Lipinski definition) is 2. The first-order valence-electron chi connectivity index (χ1n) is 5.57. The number of carboxylic acid groups (broad SMARTS) is 1. The van der Waals surface area contributed by atoms with Crippen LogP contribution in [0.15, 0.2) is 0 Å². The van der Waals surface area contributed by atoms with E-state index in [2.05, 4.69) is 5.32 Å². The number of nitrogens with one attached hydrogen (secondary N) is 1. The monoisotopic (exact) mass is 295 g/mol. The smallest absolute Gasteiger partial charge is 0.408 e. The van der Waals surface area contributed by atoms with Crippen molar-refractivity contribution in [1.82, 2.24) is 5.32 Å². The van der Waals surface area contributed by atoms with E-state index in [9.17, 15) is 9.59 Å². The van der Waals surface area contributed by atoms with E-state index < -0.39 is 23.7 Å². The standard InChI is InChI=1S/C11H21NO4S2/c1-7(18-17-5)6-8(9(13)14)12-10(15)16-11(2,3)4/h7-8H,6H2,1-5H3,(H,12,15)(H,13,14). The third-order valence-electron chi connectivity index (χ3n) is 1.82. The van der Waals surface area contributed by atoms with Crippen LogP contribution >= 0.6 is 21.6 Å². The topological polar surface area (TPSA) is 75.6 Å². The van der Waals surface area contributed by atoms with Crippen molar-refractivity contribution in [3.05, 3.63) is 0 Å². The lowest BCUT2D eigenvalue weighted by atomic mass is 10.1. The Morgan fingerprint density at radius 1 is 1.39 bits per heavy atom. The summed E-state index contributed by atoms with van der Waals surface area (Å²) in [5.41, 5.74) is -0.632. The predicted molar refractivity (Wildman–Crippen MR) is 76.0 cm³/mol. The molecular formula is C11H21NO4S2. The highest BCUT2D eigenvalue weighted by Crippen LogP contribution is 2.26. The van der Waals surface area contributed by atoms with E-state index in [0.29, 0.717) is 6.42 Å². The molecule has 2 N–H and O–H groups in total. The zero-order valence-electron chi connectivity index (χ0n) is 11.4. The zero-order valence-corrected chi connectivity index (χ0v) is 13.0. The van der Waals surface area contributed by atoms with Gasteiger partial charge >= 0.3 is 12.1 Å². The van der Waals surface area contributed by atoms with Gasteiger partial charge in [-0.15, -0.1) is 0 Å². The first-order chi connectivity index (χ1) is 8.15. The molecule has 0 aliphatic heterocycles. The SMILES string of the molecule is CSSC(C)CC(NC(=O)OC(C)(C)C)C(=O)O. The number of carbonyl (C=O) groups is 2. The van der Waals surface area contributed by atoms with Gasteiger partial charge in [-0.05, 0) is 33.4 Å². The Labute approximate surface area is 116 Å². The maximum Gasteiger partial charge on any atom is 0.408 e. The highest BCUT2D eigenvalue weighted by Gasteiger charge is 2.25. The average Bonchev–Trinajstić information content (AvgIpc) is 2.13. The second-order valence-corrected chi connectivity index (χ2v) is 7.75. The lowest BCUT2D eigenvalue weighted by molar-refractivity contribution is -0.139. The number of amides is 1. The third kappa shape index (κ3) is 8.52. The molecule has 0 aromatic rings.